The lowest BCUT2D eigenvalue weighted by Crippen LogP contribution is -2.21. The lowest BCUT2D eigenvalue weighted by molar-refractivity contribution is 0.103. The lowest BCUT2D eigenvalue weighted by Gasteiger charge is -2.21. The number of carbonyl (C=O) groups is 1. The van der Waals surface area contributed by atoms with Gasteiger partial charge >= 0.3 is 0 Å². The largest absolute Gasteiger partial charge is 0.480 e. The highest BCUT2D eigenvalue weighted by molar-refractivity contribution is 7.20. The highest BCUT2D eigenvalue weighted by Gasteiger charge is 2.21. The van der Waals surface area contributed by atoms with E-state index in [-0.39, 0.29) is 12.5 Å². The van der Waals surface area contributed by atoms with Crippen LogP contribution in [0.1, 0.15) is 34.9 Å². The summed E-state index contributed by atoms with van der Waals surface area (Å²) in [6.07, 6.45) is 0. The van der Waals surface area contributed by atoms with Gasteiger partial charge in [-0.3, -0.25) is 4.79 Å². The van der Waals surface area contributed by atoms with Gasteiger partial charge < -0.3 is 19.7 Å². The molecule has 0 saturated heterocycles. The number of thiophene rings is 1. The molecule has 0 fully saturated rings. The van der Waals surface area contributed by atoms with Crippen LogP contribution in [-0.4, -0.2) is 43.2 Å². The van der Waals surface area contributed by atoms with E-state index in [9.17, 15) is 4.79 Å². The van der Waals surface area contributed by atoms with Crippen molar-refractivity contribution >= 4 is 38.8 Å². The van der Waals surface area contributed by atoms with Gasteiger partial charge in [0.25, 0.3) is 5.91 Å². The maximum atomic E-state index is 12.9. The fourth-order valence-corrected chi connectivity index (χ4v) is 4.32. The number of rotatable bonds is 8. The first kappa shape index (κ1) is 21.0. The topological polar surface area (TPSA) is 76.6 Å². The molecule has 8 heteroatoms. The normalized spacial score (nSPS) is 10.9. The number of ether oxygens (including phenoxy) is 2. The monoisotopic (exact) mass is 414 g/mol. The first-order valence-electron chi connectivity index (χ1n) is 9.51. The van der Waals surface area contributed by atoms with Crippen LogP contribution in [-0.2, 0) is 11.3 Å². The quantitative estimate of drug-likeness (QED) is 0.594. The first-order valence-corrected chi connectivity index (χ1v) is 10.3. The molecule has 0 aliphatic carbocycles. The predicted octanol–water partition coefficient (Wildman–Crippen LogP) is 4.25. The molecular formula is C21H26N4O3S. The molecule has 29 heavy (non-hydrogen) atoms. The van der Waals surface area contributed by atoms with Gasteiger partial charge in [0, 0.05) is 31.6 Å². The van der Waals surface area contributed by atoms with Crippen LogP contribution in [0.2, 0.25) is 0 Å². The van der Waals surface area contributed by atoms with Gasteiger partial charge in [0.15, 0.2) is 5.82 Å². The van der Waals surface area contributed by atoms with Crippen molar-refractivity contribution in [3.8, 4) is 5.88 Å². The highest BCUT2D eigenvalue weighted by atomic mass is 32.1. The van der Waals surface area contributed by atoms with Crippen LogP contribution in [0.4, 0.5) is 11.4 Å². The number of hydrogen-bond donors (Lipinski definition) is 1. The molecule has 0 unspecified atom stereocenters. The summed E-state index contributed by atoms with van der Waals surface area (Å²) in [6, 6.07) is 7.88. The summed E-state index contributed by atoms with van der Waals surface area (Å²) in [4.78, 5) is 25.4. The minimum Gasteiger partial charge on any atom is -0.480 e. The molecule has 7 nitrogen and oxygen atoms in total. The number of nitrogens with zero attached hydrogens (tertiary/aromatic N) is 3. The smallest absolute Gasteiger partial charge is 0.266 e. The van der Waals surface area contributed by atoms with Crippen LogP contribution >= 0.6 is 11.3 Å². The van der Waals surface area contributed by atoms with Crippen molar-refractivity contribution in [2.45, 2.75) is 27.4 Å². The van der Waals surface area contributed by atoms with E-state index in [0.717, 1.165) is 35.4 Å². The maximum absolute atomic E-state index is 12.9. The minimum absolute atomic E-state index is 0.170. The van der Waals surface area contributed by atoms with E-state index < -0.39 is 0 Å². The Bertz CT molecular complexity index is 997. The number of anilines is 2. The van der Waals surface area contributed by atoms with Gasteiger partial charge in [-0.05, 0) is 50.6 Å². The van der Waals surface area contributed by atoms with E-state index in [0.29, 0.717) is 21.4 Å². The van der Waals surface area contributed by atoms with Crippen molar-refractivity contribution in [1.82, 2.24) is 9.97 Å². The third-order valence-electron chi connectivity index (χ3n) is 4.73. The summed E-state index contributed by atoms with van der Waals surface area (Å²) >= 11 is 1.33. The second-order valence-corrected chi connectivity index (χ2v) is 7.49. The van der Waals surface area contributed by atoms with Crippen LogP contribution in [0.25, 0.3) is 10.2 Å². The number of aromatic nitrogens is 2. The van der Waals surface area contributed by atoms with Crippen LogP contribution in [0.15, 0.2) is 24.3 Å². The van der Waals surface area contributed by atoms with Crippen molar-refractivity contribution in [2.24, 2.45) is 0 Å². The van der Waals surface area contributed by atoms with Crippen molar-refractivity contribution in [1.29, 1.82) is 0 Å². The van der Waals surface area contributed by atoms with Gasteiger partial charge in [0.1, 0.15) is 11.4 Å². The second kappa shape index (κ2) is 9.19. The molecule has 0 spiro atoms. The molecule has 0 aliphatic rings. The van der Waals surface area contributed by atoms with E-state index in [1.54, 1.807) is 14.2 Å². The van der Waals surface area contributed by atoms with Crippen LogP contribution < -0.4 is 15.0 Å². The second-order valence-electron chi connectivity index (χ2n) is 6.49. The standard InChI is InChI=1S/C21H26N4O3S/c1-6-25(7-2)15-10-8-14(9-11-15)22-19(26)18-13(3)17-20(28-5)23-16(12-27-4)24-21(17)29-18/h8-11H,6-7,12H2,1-5H3,(H,22,26). The summed E-state index contributed by atoms with van der Waals surface area (Å²) in [5.41, 5.74) is 2.70. The Morgan fingerprint density at radius 3 is 2.41 bits per heavy atom. The van der Waals surface area contributed by atoms with Gasteiger partial charge in [-0.1, -0.05) is 0 Å². The molecular weight excluding hydrogens is 388 g/mol. The predicted molar refractivity (Wildman–Crippen MR) is 117 cm³/mol. The summed E-state index contributed by atoms with van der Waals surface area (Å²) < 4.78 is 10.6. The van der Waals surface area contributed by atoms with Crippen LogP contribution in [0.3, 0.4) is 0 Å². The molecule has 0 radical (unpaired) electrons. The third-order valence-corrected chi connectivity index (χ3v) is 5.91. The van der Waals surface area contributed by atoms with Crippen molar-refractivity contribution in [3.05, 3.63) is 40.5 Å². The number of benzene rings is 1. The zero-order chi connectivity index (χ0) is 21.0. The molecule has 0 saturated carbocycles. The van der Waals surface area contributed by atoms with E-state index in [2.05, 4.69) is 34.0 Å². The molecule has 2 aromatic heterocycles. The molecule has 3 aromatic rings. The number of fused-ring (bicyclic) bond motifs is 1. The summed E-state index contributed by atoms with van der Waals surface area (Å²) in [5, 5.41) is 3.74. The molecule has 1 aromatic carbocycles. The van der Waals surface area contributed by atoms with Crippen molar-refractivity contribution in [2.75, 3.05) is 37.5 Å². The van der Waals surface area contributed by atoms with Gasteiger partial charge in [-0.25, -0.2) is 4.98 Å². The number of amides is 1. The molecule has 0 bridgehead atoms. The van der Waals surface area contributed by atoms with E-state index in [1.165, 1.54) is 11.3 Å². The van der Waals surface area contributed by atoms with Gasteiger partial charge in [-0.2, -0.15) is 4.98 Å². The number of aryl methyl sites for hydroxylation is 1. The maximum Gasteiger partial charge on any atom is 0.266 e. The van der Waals surface area contributed by atoms with E-state index in [1.807, 2.05) is 31.2 Å². The Balaban J connectivity index is 1.88. The summed E-state index contributed by atoms with van der Waals surface area (Å²) in [7, 11) is 3.15. The fraction of sp³-hybridized carbons (Fsp3) is 0.381. The Morgan fingerprint density at radius 1 is 1.14 bits per heavy atom. The van der Waals surface area contributed by atoms with E-state index >= 15 is 0 Å². The summed E-state index contributed by atoms with van der Waals surface area (Å²) in [5.74, 6) is 0.812. The van der Waals surface area contributed by atoms with Gasteiger partial charge in [-0.15, -0.1) is 11.3 Å². The Labute approximate surface area is 174 Å². The molecule has 1 N–H and O–H groups in total. The van der Waals surface area contributed by atoms with Crippen molar-refractivity contribution < 1.29 is 14.3 Å². The first-order chi connectivity index (χ1) is 14.0. The third kappa shape index (κ3) is 4.33. The van der Waals surface area contributed by atoms with Crippen LogP contribution in [0, 0.1) is 6.92 Å². The minimum atomic E-state index is -0.170. The zero-order valence-corrected chi connectivity index (χ0v) is 18.2. The molecule has 154 valence electrons. The van der Waals surface area contributed by atoms with E-state index in [4.69, 9.17) is 9.47 Å². The Morgan fingerprint density at radius 2 is 1.83 bits per heavy atom. The average Bonchev–Trinajstić information content (AvgIpc) is 3.06. The lowest BCUT2D eigenvalue weighted by atomic mass is 10.2. The molecule has 0 atom stereocenters. The summed E-state index contributed by atoms with van der Waals surface area (Å²) in [6.45, 7) is 8.30. The average molecular weight is 415 g/mol. The number of nitrogens with one attached hydrogen (secondary N) is 1. The van der Waals surface area contributed by atoms with Gasteiger partial charge in [0.05, 0.1) is 17.4 Å². The highest BCUT2D eigenvalue weighted by Crippen LogP contribution is 2.35. The van der Waals surface area contributed by atoms with Gasteiger partial charge in [0.2, 0.25) is 5.88 Å². The Hall–Kier alpha value is -2.71. The number of hydrogen-bond acceptors (Lipinski definition) is 7. The molecule has 1 amide bonds. The molecule has 2 heterocycles. The molecule has 3 rings (SSSR count). The number of methoxy groups -OCH3 is 2. The zero-order valence-electron chi connectivity index (χ0n) is 17.4. The molecule has 0 aliphatic heterocycles. The fourth-order valence-electron chi connectivity index (χ4n) is 3.23. The van der Waals surface area contributed by atoms with Crippen molar-refractivity contribution in [3.63, 3.8) is 0 Å². The van der Waals surface area contributed by atoms with Crippen LogP contribution in [0.5, 0.6) is 5.88 Å². The Kier molecular flexibility index (Phi) is 6.66. The number of carbonyl (C=O) groups excluding carboxylic acids is 1. The SMILES string of the molecule is CCN(CC)c1ccc(NC(=O)c2sc3nc(COC)nc(OC)c3c2C)cc1.